The van der Waals surface area contributed by atoms with E-state index in [0.717, 1.165) is 31.2 Å². The van der Waals surface area contributed by atoms with Crippen molar-refractivity contribution in [2.75, 3.05) is 29.5 Å². The van der Waals surface area contributed by atoms with Crippen LogP contribution in [0.1, 0.15) is 68.2 Å². The number of aliphatic hydroxyl groups excluding tert-OH is 1. The van der Waals surface area contributed by atoms with Crippen LogP contribution in [-0.2, 0) is 21.7 Å². The first-order valence-electron chi connectivity index (χ1n) is 15.2. The fraction of sp³-hybridized carbons (Fsp3) is 0.412. The zero-order valence-corrected chi connectivity index (χ0v) is 24.8. The molecule has 1 unspecified atom stereocenters. The smallest absolute Gasteiger partial charge is 0.264 e. The summed E-state index contributed by atoms with van der Waals surface area (Å²) in [4.78, 5) is 30.0. The van der Waals surface area contributed by atoms with E-state index in [-0.39, 0.29) is 25.0 Å². The quantitative estimate of drug-likeness (QED) is 0.317. The van der Waals surface area contributed by atoms with Crippen LogP contribution in [0.3, 0.4) is 0 Å². The van der Waals surface area contributed by atoms with Gasteiger partial charge in [0.05, 0.1) is 23.9 Å². The van der Waals surface area contributed by atoms with Gasteiger partial charge in [0.2, 0.25) is 5.91 Å². The molecule has 1 fully saturated rings. The molecule has 0 spiro atoms. The van der Waals surface area contributed by atoms with E-state index in [0.29, 0.717) is 48.6 Å². The second-order valence-corrected chi connectivity index (χ2v) is 11.4. The summed E-state index contributed by atoms with van der Waals surface area (Å²) in [7, 11) is 0. The number of fused-ring (bicyclic) bond motifs is 1. The summed E-state index contributed by atoms with van der Waals surface area (Å²) < 4.78 is 1.74. The minimum atomic E-state index is -1.78. The lowest BCUT2D eigenvalue weighted by molar-refractivity contribution is -0.139. The molecule has 2 aliphatic heterocycles. The summed E-state index contributed by atoms with van der Waals surface area (Å²) in [5, 5.41) is 30.5. The lowest BCUT2D eigenvalue weighted by Gasteiger charge is -2.29. The number of allylic oxidation sites excluding steroid dienone is 1. The highest BCUT2D eigenvalue weighted by atomic mass is 16.3. The van der Waals surface area contributed by atoms with Crippen LogP contribution in [0.25, 0.3) is 0 Å². The van der Waals surface area contributed by atoms with E-state index in [1.807, 2.05) is 73.8 Å². The van der Waals surface area contributed by atoms with Crippen LogP contribution >= 0.6 is 0 Å². The maximum Gasteiger partial charge on any atom is 0.264 e. The summed E-state index contributed by atoms with van der Waals surface area (Å²) in [6.07, 6.45) is 12.4. The Bertz CT molecular complexity index is 1470. The number of benzene rings is 2. The SMILES string of the molecule is C=CCN1C(=O)[C@@](O)([C@@H](C)/C=C/CCn2cc(C(CO)c3ccccc3)nn2)c2cc(N3CCCCCCC3=O)ccc21. The molecule has 1 aromatic heterocycles. The average molecular weight is 584 g/mol. The topological polar surface area (TPSA) is 112 Å². The molecular weight excluding hydrogens is 542 g/mol. The van der Waals surface area contributed by atoms with E-state index in [9.17, 15) is 19.8 Å². The Morgan fingerprint density at radius 2 is 1.88 bits per heavy atom. The van der Waals surface area contributed by atoms with Gasteiger partial charge in [0.25, 0.3) is 5.91 Å². The van der Waals surface area contributed by atoms with Crippen LogP contribution in [0.15, 0.2) is 79.5 Å². The largest absolute Gasteiger partial charge is 0.395 e. The van der Waals surface area contributed by atoms with Gasteiger partial charge in [-0.2, -0.15) is 0 Å². The summed E-state index contributed by atoms with van der Waals surface area (Å²) in [6.45, 7) is 7.03. The Balaban J connectivity index is 1.32. The Labute approximate surface area is 253 Å². The van der Waals surface area contributed by atoms with E-state index >= 15 is 0 Å². The van der Waals surface area contributed by atoms with E-state index in [2.05, 4.69) is 16.9 Å². The number of carbonyl (C=O) groups is 2. The normalized spacial score (nSPS) is 20.6. The molecule has 2 aromatic carbocycles. The molecule has 43 heavy (non-hydrogen) atoms. The van der Waals surface area contributed by atoms with Crippen molar-refractivity contribution in [3.8, 4) is 0 Å². The summed E-state index contributed by atoms with van der Waals surface area (Å²) in [6, 6.07) is 15.3. The highest BCUT2D eigenvalue weighted by molar-refractivity contribution is 6.08. The maximum absolute atomic E-state index is 13.7. The van der Waals surface area contributed by atoms with Gasteiger partial charge < -0.3 is 20.0 Å². The van der Waals surface area contributed by atoms with Gasteiger partial charge in [-0.25, -0.2) is 0 Å². The molecule has 2 N–H and O–H groups in total. The lowest BCUT2D eigenvalue weighted by Crippen LogP contribution is -2.44. The highest BCUT2D eigenvalue weighted by Crippen LogP contribution is 2.46. The maximum atomic E-state index is 13.7. The molecule has 2 amide bonds. The first-order chi connectivity index (χ1) is 20.9. The van der Waals surface area contributed by atoms with Crippen molar-refractivity contribution in [1.82, 2.24) is 15.0 Å². The van der Waals surface area contributed by atoms with Gasteiger partial charge in [0, 0.05) is 49.4 Å². The number of anilines is 2. The first kappa shape index (κ1) is 30.4. The third-order valence-electron chi connectivity index (χ3n) is 8.61. The molecule has 9 heteroatoms. The van der Waals surface area contributed by atoms with Crippen LogP contribution < -0.4 is 9.80 Å². The van der Waals surface area contributed by atoms with Gasteiger partial charge in [-0.1, -0.05) is 73.5 Å². The van der Waals surface area contributed by atoms with E-state index < -0.39 is 17.4 Å². The van der Waals surface area contributed by atoms with Crippen LogP contribution in [0.2, 0.25) is 0 Å². The number of amides is 2. The van der Waals surface area contributed by atoms with Crippen LogP contribution in [-0.4, -0.2) is 56.7 Å². The van der Waals surface area contributed by atoms with Crippen LogP contribution in [0.5, 0.6) is 0 Å². The van der Waals surface area contributed by atoms with Crippen molar-refractivity contribution in [3.05, 3.63) is 96.4 Å². The number of aliphatic hydroxyl groups is 2. The number of nitrogens with zero attached hydrogens (tertiary/aromatic N) is 5. The zero-order chi connectivity index (χ0) is 30.4. The van der Waals surface area contributed by atoms with Gasteiger partial charge in [-0.15, -0.1) is 11.7 Å². The standard InChI is InChI=1S/C34H41N5O4/c1-3-19-39-31-18-17-27(38-21-11-5-4-9-16-32(38)41)22-29(31)34(43,33(39)42)25(2)13-10-12-20-37-23-30(35-36-37)28(24-40)26-14-7-6-8-15-26/h3,6-8,10,13-15,17-18,22-23,25,28,40,43H,1,4-5,9,11-12,16,19-21,24H2,2H3/b13-10+/t25-,28?,34+/m0/s1. The zero-order valence-electron chi connectivity index (χ0n) is 24.8. The minimum absolute atomic E-state index is 0.0648. The number of aryl methyl sites for hydroxylation is 1. The third kappa shape index (κ3) is 6.19. The van der Waals surface area contributed by atoms with Gasteiger partial charge in [0.15, 0.2) is 5.60 Å². The molecule has 0 aliphatic carbocycles. The second kappa shape index (κ2) is 13.5. The molecule has 2 aliphatic rings. The van der Waals surface area contributed by atoms with E-state index in [1.54, 1.807) is 20.6 Å². The Kier molecular flexibility index (Phi) is 9.52. The predicted octanol–water partition coefficient (Wildman–Crippen LogP) is 4.70. The van der Waals surface area contributed by atoms with Crippen molar-refractivity contribution in [2.45, 2.75) is 63.5 Å². The fourth-order valence-electron chi connectivity index (χ4n) is 6.13. The molecule has 9 nitrogen and oxygen atoms in total. The molecule has 0 saturated carbocycles. The van der Waals surface area contributed by atoms with Crippen LogP contribution in [0, 0.1) is 5.92 Å². The minimum Gasteiger partial charge on any atom is -0.395 e. The predicted molar refractivity (Wildman–Crippen MR) is 167 cm³/mol. The number of carbonyl (C=O) groups excluding carboxylic acids is 2. The molecule has 3 aromatic rings. The molecule has 5 rings (SSSR count). The van der Waals surface area contributed by atoms with E-state index in [1.165, 1.54) is 0 Å². The van der Waals surface area contributed by atoms with E-state index in [4.69, 9.17) is 0 Å². The highest BCUT2D eigenvalue weighted by Gasteiger charge is 2.52. The molecule has 0 radical (unpaired) electrons. The summed E-state index contributed by atoms with van der Waals surface area (Å²) >= 11 is 0. The number of hydrogen-bond donors (Lipinski definition) is 2. The Hall–Kier alpha value is -4.08. The summed E-state index contributed by atoms with van der Waals surface area (Å²) in [5.74, 6) is -1.10. The Morgan fingerprint density at radius 3 is 2.65 bits per heavy atom. The molecule has 3 atom stereocenters. The second-order valence-electron chi connectivity index (χ2n) is 11.4. The molecule has 3 heterocycles. The monoisotopic (exact) mass is 583 g/mol. The van der Waals surface area contributed by atoms with Gasteiger partial charge in [-0.05, 0) is 43.0 Å². The number of aromatic nitrogens is 3. The molecule has 1 saturated heterocycles. The van der Waals surface area contributed by atoms with Crippen molar-refractivity contribution in [1.29, 1.82) is 0 Å². The number of rotatable bonds is 11. The van der Waals surface area contributed by atoms with Gasteiger partial charge in [-0.3, -0.25) is 14.3 Å². The molecule has 226 valence electrons. The van der Waals surface area contributed by atoms with Crippen LogP contribution in [0.4, 0.5) is 11.4 Å². The van der Waals surface area contributed by atoms with Gasteiger partial charge >= 0.3 is 0 Å². The van der Waals surface area contributed by atoms with Crippen molar-refractivity contribution in [2.24, 2.45) is 5.92 Å². The lowest BCUT2D eigenvalue weighted by atomic mass is 9.82. The van der Waals surface area contributed by atoms with Crippen molar-refractivity contribution < 1.29 is 19.8 Å². The number of hydrogen-bond acceptors (Lipinski definition) is 6. The average Bonchev–Trinajstić information content (AvgIpc) is 3.56. The first-order valence-corrected chi connectivity index (χ1v) is 15.2. The Morgan fingerprint density at radius 1 is 1.09 bits per heavy atom. The molecule has 0 bridgehead atoms. The van der Waals surface area contributed by atoms with Crippen molar-refractivity contribution in [3.63, 3.8) is 0 Å². The van der Waals surface area contributed by atoms with Gasteiger partial charge in [0.1, 0.15) is 0 Å². The summed E-state index contributed by atoms with van der Waals surface area (Å²) in [5.41, 5.74) is 1.77. The third-order valence-corrected chi connectivity index (χ3v) is 8.61. The van der Waals surface area contributed by atoms with Crippen molar-refractivity contribution >= 4 is 23.2 Å². The molecular formula is C34H41N5O4. The fourth-order valence-corrected chi connectivity index (χ4v) is 6.13.